The summed E-state index contributed by atoms with van der Waals surface area (Å²) < 4.78 is 52.6. The summed E-state index contributed by atoms with van der Waals surface area (Å²) in [6, 6.07) is 0. The number of ether oxygens (including phenoxy) is 2. The molecule has 0 radical (unpaired) electrons. The maximum absolute atomic E-state index is 14.7. The smallest absolute Gasteiger partial charge is 0.403 e. The molecular formula is C16H25BF2O4. The molecule has 0 N–H and O–H groups in total. The second-order valence-electron chi connectivity index (χ2n) is 8.49. The lowest BCUT2D eigenvalue weighted by Crippen LogP contribution is -2.41. The van der Waals surface area contributed by atoms with Crippen molar-refractivity contribution in [1.29, 1.82) is 0 Å². The maximum Gasteiger partial charge on any atom is 0.468 e. The number of hydrogen-bond donors (Lipinski definition) is 0. The number of halogens is 2. The molecule has 2 saturated carbocycles. The largest absolute Gasteiger partial charge is 0.468 e. The van der Waals surface area contributed by atoms with Crippen molar-refractivity contribution < 1.29 is 27.6 Å². The molecule has 4 nitrogen and oxygen atoms in total. The monoisotopic (exact) mass is 330 g/mol. The average molecular weight is 330 g/mol. The van der Waals surface area contributed by atoms with Crippen molar-refractivity contribution in [1.82, 2.24) is 0 Å². The Kier molecular flexibility index (Phi) is 3.16. The Morgan fingerprint density at radius 1 is 0.826 bits per heavy atom. The number of alkyl halides is 2. The third-order valence-electron chi connectivity index (χ3n) is 6.83. The van der Waals surface area contributed by atoms with E-state index in [-0.39, 0.29) is 0 Å². The molecule has 2 spiro atoms. The zero-order chi connectivity index (χ0) is 16.7. The van der Waals surface area contributed by atoms with Crippen LogP contribution in [0.15, 0.2) is 0 Å². The summed E-state index contributed by atoms with van der Waals surface area (Å²) in [7, 11) is -0.838. The zero-order valence-electron chi connectivity index (χ0n) is 14.3. The van der Waals surface area contributed by atoms with Crippen molar-refractivity contribution in [2.24, 2.45) is 5.41 Å². The van der Waals surface area contributed by atoms with Gasteiger partial charge >= 0.3 is 7.12 Å². The van der Waals surface area contributed by atoms with Gasteiger partial charge in [0.05, 0.1) is 30.2 Å². The predicted molar refractivity (Wildman–Crippen MR) is 80.3 cm³/mol. The fourth-order valence-corrected chi connectivity index (χ4v) is 4.50. The molecule has 0 bridgehead atoms. The van der Waals surface area contributed by atoms with Gasteiger partial charge < -0.3 is 18.8 Å². The van der Waals surface area contributed by atoms with E-state index in [9.17, 15) is 8.78 Å². The van der Waals surface area contributed by atoms with E-state index in [2.05, 4.69) is 0 Å². The van der Waals surface area contributed by atoms with Gasteiger partial charge in [0, 0.05) is 18.3 Å². The summed E-state index contributed by atoms with van der Waals surface area (Å²) in [6.07, 6.45) is 1.85. The first-order valence-electron chi connectivity index (χ1n) is 8.57. The first-order valence-corrected chi connectivity index (χ1v) is 8.57. The van der Waals surface area contributed by atoms with Gasteiger partial charge in [-0.15, -0.1) is 0 Å². The van der Waals surface area contributed by atoms with E-state index >= 15 is 0 Å². The van der Waals surface area contributed by atoms with Crippen LogP contribution < -0.4 is 0 Å². The van der Waals surface area contributed by atoms with Crippen molar-refractivity contribution >= 4 is 7.12 Å². The first-order chi connectivity index (χ1) is 10.6. The van der Waals surface area contributed by atoms with E-state index in [1.54, 1.807) is 0 Å². The van der Waals surface area contributed by atoms with Crippen molar-refractivity contribution in [3.8, 4) is 0 Å². The maximum atomic E-state index is 14.7. The lowest BCUT2D eigenvalue weighted by molar-refractivity contribution is -0.189. The fourth-order valence-electron chi connectivity index (χ4n) is 4.50. The highest BCUT2D eigenvalue weighted by Crippen LogP contribution is 2.78. The molecule has 0 aromatic heterocycles. The minimum atomic E-state index is -2.74. The molecule has 1 unspecified atom stereocenters. The lowest BCUT2D eigenvalue weighted by Gasteiger charge is -2.36. The van der Waals surface area contributed by atoms with Crippen LogP contribution in [0.4, 0.5) is 8.78 Å². The lowest BCUT2D eigenvalue weighted by atomic mass is 9.71. The summed E-state index contributed by atoms with van der Waals surface area (Å²) in [4.78, 5) is 0. The van der Waals surface area contributed by atoms with Crippen LogP contribution in [0.25, 0.3) is 0 Å². The third kappa shape index (κ3) is 2.03. The first kappa shape index (κ1) is 16.2. The Balaban J connectivity index is 1.51. The Morgan fingerprint density at radius 2 is 1.30 bits per heavy atom. The quantitative estimate of drug-likeness (QED) is 0.691. The Labute approximate surface area is 136 Å². The normalized spacial score (nSPS) is 42.5. The molecule has 2 heterocycles. The second-order valence-corrected chi connectivity index (χ2v) is 8.49. The third-order valence-corrected chi connectivity index (χ3v) is 6.83. The van der Waals surface area contributed by atoms with Crippen molar-refractivity contribution in [2.45, 2.75) is 82.1 Å². The van der Waals surface area contributed by atoms with E-state index in [0.29, 0.717) is 38.9 Å². The van der Waals surface area contributed by atoms with Crippen LogP contribution in [0.1, 0.15) is 53.4 Å². The van der Waals surface area contributed by atoms with Gasteiger partial charge in [0.1, 0.15) is 0 Å². The highest BCUT2D eigenvalue weighted by molar-refractivity contribution is 6.49. The molecule has 0 aromatic carbocycles. The minimum absolute atomic E-state index is 0.398. The van der Waals surface area contributed by atoms with Gasteiger partial charge in [-0.1, -0.05) is 0 Å². The van der Waals surface area contributed by atoms with E-state index < -0.39 is 41.3 Å². The molecule has 1 atom stereocenters. The van der Waals surface area contributed by atoms with Crippen LogP contribution in [0.3, 0.4) is 0 Å². The number of hydrogen-bond acceptors (Lipinski definition) is 4. The van der Waals surface area contributed by atoms with Crippen molar-refractivity contribution in [3.05, 3.63) is 0 Å². The van der Waals surface area contributed by atoms with Gasteiger partial charge in [0.25, 0.3) is 5.92 Å². The Hall–Kier alpha value is -0.235. The molecule has 2 aliphatic carbocycles. The fraction of sp³-hybridized carbons (Fsp3) is 1.00. The molecule has 0 amide bonds. The standard InChI is InChI=1S/C16H25BF2O4/c1-12(2)13(3,4)23-17(22-12)11-14(16(11,18)19)5-7-15(8-6-14)20-9-10-21-15/h11H,5-10H2,1-4H3. The minimum Gasteiger partial charge on any atom is -0.403 e. The highest BCUT2D eigenvalue weighted by atomic mass is 19.3. The van der Waals surface area contributed by atoms with Crippen molar-refractivity contribution in [2.75, 3.05) is 13.2 Å². The van der Waals surface area contributed by atoms with E-state index in [0.717, 1.165) is 0 Å². The Morgan fingerprint density at radius 3 is 1.78 bits per heavy atom. The number of rotatable bonds is 1. The molecule has 7 heteroatoms. The summed E-state index contributed by atoms with van der Waals surface area (Å²) in [5.41, 5.74) is -2.18. The van der Waals surface area contributed by atoms with Gasteiger partial charge in [-0.05, 0) is 40.5 Å². The van der Waals surface area contributed by atoms with Crippen LogP contribution in [0, 0.1) is 5.41 Å². The summed E-state index contributed by atoms with van der Waals surface area (Å²) in [6.45, 7) is 8.72. The summed E-state index contributed by atoms with van der Waals surface area (Å²) in [5.74, 6) is -4.23. The topological polar surface area (TPSA) is 36.9 Å². The van der Waals surface area contributed by atoms with E-state index in [4.69, 9.17) is 18.8 Å². The van der Waals surface area contributed by atoms with E-state index in [1.807, 2.05) is 27.7 Å². The molecule has 4 fully saturated rings. The van der Waals surface area contributed by atoms with Crippen LogP contribution in [0.2, 0.25) is 5.82 Å². The van der Waals surface area contributed by atoms with Crippen molar-refractivity contribution in [3.63, 3.8) is 0 Å². The van der Waals surface area contributed by atoms with Crippen LogP contribution >= 0.6 is 0 Å². The SMILES string of the molecule is CC1(C)OB(C2C(F)(F)C23CCC2(CC3)OCCO2)OC1(C)C. The molecule has 130 valence electrons. The molecular weight excluding hydrogens is 305 g/mol. The van der Waals surface area contributed by atoms with Gasteiger partial charge in [0.2, 0.25) is 0 Å². The van der Waals surface area contributed by atoms with E-state index in [1.165, 1.54) is 0 Å². The average Bonchev–Trinajstić information content (AvgIpc) is 2.76. The molecule has 4 aliphatic rings. The van der Waals surface area contributed by atoms with Crippen LogP contribution in [-0.4, -0.2) is 43.2 Å². The van der Waals surface area contributed by atoms with Gasteiger partial charge in [-0.25, -0.2) is 8.78 Å². The molecule has 2 aliphatic heterocycles. The second kappa shape index (κ2) is 4.48. The molecule has 23 heavy (non-hydrogen) atoms. The van der Waals surface area contributed by atoms with Gasteiger partial charge in [-0.2, -0.15) is 0 Å². The summed E-state index contributed by atoms with van der Waals surface area (Å²) >= 11 is 0. The molecule has 4 rings (SSSR count). The predicted octanol–water partition coefficient (Wildman–Crippen LogP) is 3.40. The van der Waals surface area contributed by atoms with Gasteiger partial charge in [-0.3, -0.25) is 0 Å². The zero-order valence-corrected chi connectivity index (χ0v) is 14.3. The van der Waals surface area contributed by atoms with Gasteiger partial charge in [0.15, 0.2) is 5.79 Å². The Bertz CT molecular complexity index is 490. The molecule has 0 aromatic rings. The highest BCUT2D eigenvalue weighted by Gasteiger charge is 2.86. The van der Waals surface area contributed by atoms with Crippen LogP contribution in [-0.2, 0) is 18.8 Å². The molecule has 2 saturated heterocycles. The summed E-state index contributed by atoms with van der Waals surface area (Å²) in [5, 5.41) is 0. The van der Waals surface area contributed by atoms with Crippen LogP contribution in [0.5, 0.6) is 0 Å².